The number of benzene rings is 3. The summed E-state index contributed by atoms with van der Waals surface area (Å²) in [5, 5.41) is 12.9. The second kappa shape index (κ2) is 5.85. The van der Waals surface area contributed by atoms with Gasteiger partial charge in [-0.15, -0.1) is 0 Å². The van der Waals surface area contributed by atoms with E-state index in [9.17, 15) is 10.1 Å². The van der Waals surface area contributed by atoms with E-state index >= 15 is 0 Å². The summed E-state index contributed by atoms with van der Waals surface area (Å²) in [5.41, 5.74) is -0.0304. The first-order valence-electron chi connectivity index (χ1n) is 6.31. The van der Waals surface area contributed by atoms with Crippen molar-refractivity contribution < 1.29 is 9.11 Å². The lowest BCUT2D eigenvalue weighted by Gasteiger charge is -2.06. The van der Waals surface area contributed by atoms with Crippen LogP contribution in [-0.2, 0) is 0 Å². The zero-order valence-electron chi connectivity index (χ0n) is 10.9. The van der Waals surface area contributed by atoms with Gasteiger partial charge in [0.15, 0.2) is 0 Å². The third-order valence-electron chi connectivity index (χ3n) is 2.99. The van der Waals surface area contributed by atoms with Gasteiger partial charge in [-0.2, -0.15) is 0 Å². The first-order chi connectivity index (χ1) is 10.2. The molecular weight excluding hydrogens is 286 g/mol. The van der Waals surface area contributed by atoms with E-state index < -0.39 is 4.92 Å². The Bertz CT molecular complexity index is 790. The molecule has 0 amide bonds. The van der Waals surface area contributed by atoms with Gasteiger partial charge in [0.2, 0.25) is 5.75 Å². The molecule has 0 aliphatic carbocycles. The fourth-order valence-electron chi connectivity index (χ4n) is 1.99. The third kappa shape index (κ3) is 2.98. The van der Waals surface area contributed by atoms with Crippen molar-refractivity contribution in [2.75, 3.05) is 0 Å². The van der Waals surface area contributed by atoms with Crippen LogP contribution in [0.25, 0.3) is 10.8 Å². The standard InChI is InChI=1S/C16H11NO3S/c18-17(19)15-10-12-6-4-5-7-13(12)11-16(15)20-21-14-8-2-1-3-9-14/h1-11H. The van der Waals surface area contributed by atoms with Gasteiger partial charge in [-0.3, -0.25) is 10.1 Å². The van der Waals surface area contributed by atoms with Crippen molar-refractivity contribution in [2.45, 2.75) is 4.90 Å². The van der Waals surface area contributed by atoms with E-state index in [1.807, 2.05) is 54.6 Å². The van der Waals surface area contributed by atoms with E-state index in [1.54, 1.807) is 6.07 Å². The topological polar surface area (TPSA) is 52.4 Å². The molecule has 104 valence electrons. The lowest BCUT2D eigenvalue weighted by atomic mass is 10.1. The van der Waals surface area contributed by atoms with Crippen molar-refractivity contribution >= 4 is 28.5 Å². The van der Waals surface area contributed by atoms with Crippen molar-refractivity contribution in [2.24, 2.45) is 0 Å². The van der Waals surface area contributed by atoms with E-state index in [2.05, 4.69) is 0 Å². The number of fused-ring (bicyclic) bond motifs is 1. The van der Waals surface area contributed by atoms with Gasteiger partial charge in [-0.25, -0.2) is 0 Å². The summed E-state index contributed by atoms with van der Waals surface area (Å²) in [7, 11) is 0. The van der Waals surface area contributed by atoms with Gasteiger partial charge in [0.1, 0.15) is 0 Å². The minimum atomic E-state index is -0.423. The second-order valence-corrected chi connectivity index (χ2v) is 5.21. The minimum Gasteiger partial charge on any atom is -0.413 e. The Morgan fingerprint density at radius 1 is 0.905 bits per heavy atom. The highest BCUT2D eigenvalue weighted by Gasteiger charge is 2.17. The zero-order chi connectivity index (χ0) is 14.7. The SMILES string of the molecule is O=[N+]([O-])c1cc2ccccc2cc1OSc1ccccc1. The average Bonchev–Trinajstić information content (AvgIpc) is 2.53. The van der Waals surface area contributed by atoms with Crippen molar-refractivity contribution in [3.63, 3.8) is 0 Å². The monoisotopic (exact) mass is 297 g/mol. The number of nitro groups is 1. The van der Waals surface area contributed by atoms with E-state index in [-0.39, 0.29) is 11.4 Å². The van der Waals surface area contributed by atoms with Gasteiger partial charge in [-0.05, 0) is 29.0 Å². The summed E-state index contributed by atoms with van der Waals surface area (Å²) >= 11 is 1.11. The molecule has 3 aromatic rings. The van der Waals surface area contributed by atoms with E-state index in [0.717, 1.165) is 27.7 Å². The molecule has 0 aliphatic rings. The van der Waals surface area contributed by atoms with Crippen LogP contribution in [0.3, 0.4) is 0 Å². The van der Waals surface area contributed by atoms with Crippen molar-refractivity contribution in [3.05, 3.63) is 76.8 Å². The molecule has 0 aliphatic heterocycles. The summed E-state index contributed by atoms with van der Waals surface area (Å²) in [5.74, 6) is 0.257. The van der Waals surface area contributed by atoms with Crippen LogP contribution >= 0.6 is 12.0 Å². The first-order valence-corrected chi connectivity index (χ1v) is 7.05. The van der Waals surface area contributed by atoms with Gasteiger partial charge in [0, 0.05) is 11.0 Å². The number of hydrogen-bond acceptors (Lipinski definition) is 4. The molecule has 0 radical (unpaired) electrons. The van der Waals surface area contributed by atoms with Crippen molar-refractivity contribution in [1.82, 2.24) is 0 Å². The Balaban J connectivity index is 1.96. The number of rotatable bonds is 4. The van der Waals surface area contributed by atoms with Crippen LogP contribution in [0.15, 0.2) is 71.6 Å². The predicted molar refractivity (Wildman–Crippen MR) is 83.5 cm³/mol. The molecule has 0 heterocycles. The Labute approximate surface area is 125 Å². The largest absolute Gasteiger partial charge is 0.413 e. The summed E-state index contributed by atoms with van der Waals surface area (Å²) in [6.45, 7) is 0. The fourth-order valence-corrected chi connectivity index (χ4v) is 2.57. The van der Waals surface area contributed by atoms with Crippen LogP contribution in [0, 0.1) is 10.1 Å². The van der Waals surface area contributed by atoms with Crippen LogP contribution in [0.4, 0.5) is 5.69 Å². The summed E-state index contributed by atoms with van der Waals surface area (Å²) in [4.78, 5) is 11.7. The molecule has 0 atom stereocenters. The van der Waals surface area contributed by atoms with Gasteiger partial charge in [-0.1, -0.05) is 42.5 Å². The molecule has 0 bridgehead atoms. The Hall–Kier alpha value is -2.53. The van der Waals surface area contributed by atoms with Gasteiger partial charge >= 0.3 is 5.69 Å². The van der Waals surface area contributed by atoms with Crippen LogP contribution in [-0.4, -0.2) is 4.92 Å². The maximum Gasteiger partial charge on any atom is 0.313 e. The Morgan fingerprint density at radius 3 is 2.19 bits per heavy atom. The molecule has 0 saturated heterocycles. The van der Waals surface area contributed by atoms with Gasteiger partial charge < -0.3 is 4.18 Å². The van der Waals surface area contributed by atoms with Crippen LogP contribution in [0.2, 0.25) is 0 Å². The maximum absolute atomic E-state index is 11.2. The van der Waals surface area contributed by atoms with E-state index in [0.29, 0.717) is 0 Å². The van der Waals surface area contributed by atoms with Crippen LogP contribution in [0.5, 0.6) is 5.75 Å². The van der Waals surface area contributed by atoms with Crippen LogP contribution < -0.4 is 4.18 Å². The smallest absolute Gasteiger partial charge is 0.313 e. The highest BCUT2D eigenvalue weighted by Crippen LogP contribution is 2.35. The molecule has 0 unspecified atom stereocenters. The molecular formula is C16H11NO3S. The molecule has 3 rings (SSSR count). The summed E-state index contributed by atoms with van der Waals surface area (Å²) in [6.07, 6.45) is 0. The molecule has 0 N–H and O–H groups in total. The summed E-state index contributed by atoms with van der Waals surface area (Å²) in [6, 6.07) is 20.2. The molecule has 0 spiro atoms. The molecule has 0 saturated carbocycles. The van der Waals surface area contributed by atoms with E-state index in [4.69, 9.17) is 4.18 Å². The fraction of sp³-hybridized carbons (Fsp3) is 0. The molecule has 0 aromatic heterocycles. The lowest BCUT2D eigenvalue weighted by Crippen LogP contribution is -1.93. The van der Waals surface area contributed by atoms with E-state index in [1.165, 1.54) is 6.07 Å². The van der Waals surface area contributed by atoms with Crippen molar-refractivity contribution in [1.29, 1.82) is 0 Å². The maximum atomic E-state index is 11.2. The highest BCUT2D eigenvalue weighted by atomic mass is 32.2. The molecule has 3 aromatic carbocycles. The Kier molecular flexibility index (Phi) is 3.75. The minimum absolute atomic E-state index is 0.0304. The third-order valence-corrected chi connectivity index (χ3v) is 3.72. The molecule has 21 heavy (non-hydrogen) atoms. The van der Waals surface area contributed by atoms with Crippen LogP contribution in [0.1, 0.15) is 0 Å². The lowest BCUT2D eigenvalue weighted by molar-refractivity contribution is -0.385. The second-order valence-electron chi connectivity index (χ2n) is 4.40. The first kappa shape index (κ1) is 13.5. The number of nitrogens with zero attached hydrogens (tertiary/aromatic N) is 1. The number of nitro benzene ring substituents is 1. The normalized spacial score (nSPS) is 10.5. The molecule has 5 heteroatoms. The predicted octanol–water partition coefficient (Wildman–Crippen LogP) is 4.83. The average molecular weight is 297 g/mol. The van der Waals surface area contributed by atoms with Gasteiger partial charge in [0.25, 0.3) is 0 Å². The summed E-state index contributed by atoms with van der Waals surface area (Å²) < 4.78 is 5.57. The molecule has 0 fully saturated rings. The van der Waals surface area contributed by atoms with Crippen molar-refractivity contribution in [3.8, 4) is 5.75 Å². The quantitative estimate of drug-likeness (QED) is 0.393. The highest BCUT2D eigenvalue weighted by molar-refractivity contribution is 7.95. The number of hydrogen-bond donors (Lipinski definition) is 0. The Morgan fingerprint density at radius 2 is 1.52 bits per heavy atom. The van der Waals surface area contributed by atoms with Gasteiger partial charge in [0.05, 0.1) is 17.0 Å². The molecule has 4 nitrogen and oxygen atoms in total. The zero-order valence-corrected chi connectivity index (χ0v) is 11.7.